The minimum Gasteiger partial charge on any atom is -0.507 e. The average Bonchev–Trinajstić information content (AvgIpc) is 2.56. The summed E-state index contributed by atoms with van der Waals surface area (Å²) in [6.07, 6.45) is 1.26. The highest BCUT2D eigenvalue weighted by Crippen LogP contribution is 2.22. The van der Waals surface area contributed by atoms with Crippen LogP contribution in [0.15, 0.2) is 76.7 Å². The first-order valence-corrected chi connectivity index (χ1v) is 8.37. The maximum Gasteiger partial charge on any atom is 0.277 e. The maximum absolute atomic E-state index is 12.4. The Bertz CT molecular complexity index is 977. The lowest BCUT2D eigenvalue weighted by Crippen LogP contribution is -2.18. The van der Waals surface area contributed by atoms with Crippen molar-refractivity contribution < 1.29 is 13.5 Å². The van der Waals surface area contributed by atoms with E-state index in [-0.39, 0.29) is 10.6 Å². The van der Waals surface area contributed by atoms with Crippen molar-refractivity contribution in [2.45, 2.75) is 4.90 Å². The second kappa shape index (κ2) is 6.10. The molecule has 0 fully saturated rings. The molecule has 2 N–H and O–H groups in total. The lowest BCUT2D eigenvalue weighted by atomic mass is 10.1. The Morgan fingerprint density at radius 3 is 2.43 bits per heavy atom. The monoisotopic (exact) mass is 326 g/mol. The third-order valence-corrected chi connectivity index (χ3v) is 4.63. The lowest BCUT2D eigenvalue weighted by molar-refractivity contribution is 0.474. The van der Waals surface area contributed by atoms with Crippen molar-refractivity contribution in [2.24, 2.45) is 5.10 Å². The van der Waals surface area contributed by atoms with Gasteiger partial charge in [0.25, 0.3) is 10.0 Å². The normalized spacial score (nSPS) is 11.8. The molecule has 116 valence electrons. The van der Waals surface area contributed by atoms with Crippen LogP contribution in [0.1, 0.15) is 5.56 Å². The van der Waals surface area contributed by atoms with Crippen molar-refractivity contribution in [3.05, 3.63) is 72.3 Å². The van der Waals surface area contributed by atoms with E-state index in [0.717, 1.165) is 5.39 Å². The Morgan fingerprint density at radius 1 is 0.913 bits per heavy atom. The number of para-hydroxylation sites is 1. The van der Waals surface area contributed by atoms with Crippen LogP contribution in [-0.4, -0.2) is 19.7 Å². The molecule has 3 aromatic carbocycles. The van der Waals surface area contributed by atoms with Gasteiger partial charge in [0.2, 0.25) is 0 Å². The third kappa shape index (κ3) is 3.17. The predicted molar refractivity (Wildman–Crippen MR) is 90.0 cm³/mol. The number of fused-ring (bicyclic) bond motifs is 1. The molecule has 0 bridgehead atoms. The first-order chi connectivity index (χ1) is 11.1. The summed E-state index contributed by atoms with van der Waals surface area (Å²) in [5.74, 6) is 0.0283. The average molecular weight is 326 g/mol. The van der Waals surface area contributed by atoms with E-state index in [2.05, 4.69) is 9.93 Å². The van der Waals surface area contributed by atoms with E-state index in [0.29, 0.717) is 10.9 Å². The van der Waals surface area contributed by atoms with E-state index < -0.39 is 10.0 Å². The van der Waals surface area contributed by atoms with Crippen LogP contribution in [0.5, 0.6) is 5.75 Å². The fraction of sp³-hybridized carbons (Fsp3) is 0. The number of benzene rings is 3. The highest BCUT2D eigenvalue weighted by atomic mass is 32.2. The summed E-state index contributed by atoms with van der Waals surface area (Å²) in [5.41, 5.74) is 0.424. The molecule has 0 radical (unpaired) electrons. The van der Waals surface area contributed by atoms with Crippen LogP contribution in [0.3, 0.4) is 0 Å². The molecule has 0 aliphatic rings. The minimum absolute atomic E-state index is 0.0283. The molecule has 0 aliphatic heterocycles. The number of phenols is 1. The van der Waals surface area contributed by atoms with Crippen LogP contribution >= 0.6 is 0 Å². The Morgan fingerprint density at radius 2 is 1.61 bits per heavy atom. The first kappa shape index (κ1) is 15.1. The van der Waals surface area contributed by atoms with Gasteiger partial charge >= 0.3 is 0 Å². The fourth-order valence-corrected chi connectivity index (χ4v) is 3.26. The Hall–Kier alpha value is -2.86. The summed E-state index contributed by atoms with van der Waals surface area (Å²) < 4.78 is 24.9. The topological polar surface area (TPSA) is 78.8 Å². The SMILES string of the molecule is O=S(=O)(N/N=C\c1ccccc1O)c1cccc2ccccc12. The van der Waals surface area contributed by atoms with Crippen LogP contribution in [0.25, 0.3) is 10.8 Å². The van der Waals surface area contributed by atoms with Gasteiger partial charge < -0.3 is 5.11 Å². The van der Waals surface area contributed by atoms with Crippen molar-refractivity contribution in [3.63, 3.8) is 0 Å². The fourth-order valence-electron chi connectivity index (χ4n) is 2.24. The van der Waals surface area contributed by atoms with Gasteiger partial charge in [0.05, 0.1) is 11.1 Å². The zero-order chi connectivity index (χ0) is 16.3. The largest absolute Gasteiger partial charge is 0.507 e. The van der Waals surface area contributed by atoms with Gasteiger partial charge in [0.1, 0.15) is 5.75 Å². The number of hydrogen-bond donors (Lipinski definition) is 2. The quantitative estimate of drug-likeness (QED) is 0.571. The summed E-state index contributed by atoms with van der Waals surface area (Å²) in [7, 11) is -3.80. The molecular weight excluding hydrogens is 312 g/mol. The van der Waals surface area contributed by atoms with Crippen LogP contribution in [0, 0.1) is 0 Å². The van der Waals surface area contributed by atoms with Crippen molar-refractivity contribution in [2.75, 3.05) is 0 Å². The number of nitrogens with one attached hydrogen (secondary N) is 1. The highest BCUT2D eigenvalue weighted by Gasteiger charge is 2.15. The minimum atomic E-state index is -3.80. The zero-order valence-electron chi connectivity index (χ0n) is 12.0. The number of nitrogens with zero attached hydrogens (tertiary/aromatic N) is 1. The summed E-state index contributed by atoms with van der Waals surface area (Å²) in [6, 6.07) is 18.8. The molecule has 23 heavy (non-hydrogen) atoms. The summed E-state index contributed by atoms with van der Waals surface area (Å²) >= 11 is 0. The van der Waals surface area contributed by atoms with Crippen LogP contribution in [0.2, 0.25) is 0 Å². The number of rotatable bonds is 4. The number of aromatic hydroxyl groups is 1. The summed E-state index contributed by atoms with van der Waals surface area (Å²) in [4.78, 5) is 2.33. The van der Waals surface area contributed by atoms with E-state index in [9.17, 15) is 13.5 Å². The van der Waals surface area contributed by atoms with Gasteiger partial charge in [-0.2, -0.15) is 13.5 Å². The molecule has 0 aromatic heterocycles. The van der Waals surface area contributed by atoms with Gasteiger partial charge in [-0.05, 0) is 23.6 Å². The molecule has 5 nitrogen and oxygen atoms in total. The molecule has 0 atom stereocenters. The van der Waals surface area contributed by atoms with Gasteiger partial charge in [0, 0.05) is 10.9 Å². The first-order valence-electron chi connectivity index (χ1n) is 6.88. The van der Waals surface area contributed by atoms with Gasteiger partial charge in [-0.1, -0.05) is 48.5 Å². The summed E-state index contributed by atoms with van der Waals surface area (Å²) in [6.45, 7) is 0. The van der Waals surface area contributed by atoms with Crippen molar-refractivity contribution in [3.8, 4) is 5.75 Å². The van der Waals surface area contributed by atoms with E-state index in [1.54, 1.807) is 36.4 Å². The van der Waals surface area contributed by atoms with E-state index in [1.807, 2.05) is 18.2 Å². The molecule has 0 amide bonds. The number of hydrogen-bond acceptors (Lipinski definition) is 4. The maximum atomic E-state index is 12.4. The molecule has 0 saturated heterocycles. The smallest absolute Gasteiger partial charge is 0.277 e. The molecule has 3 rings (SSSR count). The van der Waals surface area contributed by atoms with Gasteiger partial charge in [-0.15, -0.1) is 0 Å². The highest BCUT2D eigenvalue weighted by molar-refractivity contribution is 7.89. The van der Waals surface area contributed by atoms with Crippen LogP contribution in [-0.2, 0) is 10.0 Å². The number of phenolic OH excluding ortho intramolecular Hbond substituents is 1. The third-order valence-electron chi connectivity index (χ3n) is 3.35. The van der Waals surface area contributed by atoms with Crippen LogP contribution < -0.4 is 4.83 Å². The van der Waals surface area contributed by atoms with E-state index >= 15 is 0 Å². The second-order valence-corrected chi connectivity index (χ2v) is 6.52. The number of sulfonamides is 1. The Kier molecular flexibility index (Phi) is 3.99. The molecule has 0 saturated carbocycles. The standard InChI is InChI=1S/C17H14N2O3S/c20-16-10-4-2-7-14(16)12-18-19-23(21,22)17-11-5-8-13-6-1-3-9-15(13)17/h1-12,19-20H/b18-12-. The molecule has 0 aliphatic carbocycles. The lowest BCUT2D eigenvalue weighted by Gasteiger charge is -2.07. The molecule has 3 aromatic rings. The van der Waals surface area contributed by atoms with Crippen molar-refractivity contribution >= 4 is 27.0 Å². The molecule has 6 heteroatoms. The van der Waals surface area contributed by atoms with E-state index in [1.165, 1.54) is 18.3 Å². The number of hydrazone groups is 1. The predicted octanol–water partition coefficient (Wildman–Crippen LogP) is 2.86. The van der Waals surface area contributed by atoms with Gasteiger partial charge in [-0.25, -0.2) is 4.83 Å². The van der Waals surface area contributed by atoms with Gasteiger partial charge in [0.15, 0.2) is 0 Å². The molecule has 0 heterocycles. The Balaban J connectivity index is 1.91. The molecule has 0 unspecified atom stereocenters. The zero-order valence-corrected chi connectivity index (χ0v) is 12.9. The summed E-state index contributed by atoms with van der Waals surface area (Å²) in [5, 5.41) is 14.8. The van der Waals surface area contributed by atoms with Crippen molar-refractivity contribution in [1.29, 1.82) is 0 Å². The molecule has 0 spiro atoms. The van der Waals surface area contributed by atoms with Crippen molar-refractivity contribution in [1.82, 2.24) is 4.83 Å². The second-order valence-electron chi connectivity index (χ2n) is 4.89. The molecular formula is C17H14N2O3S. The van der Waals surface area contributed by atoms with Crippen LogP contribution in [0.4, 0.5) is 0 Å². The Labute approximate surface area is 134 Å². The van der Waals surface area contributed by atoms with E-state index in [4.69, 9.17) is 0 Å². The van der Waals surface area contributed by atoms with Gasteiger partial charge in [-0.3, -0.25) is 0 Å².